The van der Waals surface area contributed by atoms with Crippen molar-refractivity contribution in [3.8, 4) is 17.1 Å². The lowest BCUT2D eigenvalue weighted by Gasteiger charge is -2.11. The van der Waals surface area contributed by atoms with Crippen LogP contribution < -0.4 is 10.1 Å². The van der Waals surface area contributed by atoms with Gasteiger partial charge in [-0.3, -0.25) is 4.79 Å². The SMILES string of the molecule is CN(C)CCNC(=O)COc1ccc2c(c1)cc(-c1cc3cccnc3[nH]1)n2C. The van der Waals surface area contributed by atoms with Crippen molar-refractivity contribution in [1.29, 1.82) is 0 Å². The zero-order valence-corrected chi connectivity index (χ0v) is 16.9. The molecule has 1 aromatic carbocycles. The Morgan fingerprint density at radius 2 is 2.07 bits per heavy atom. The van der Waals surface area contributed by atoms with Gasteiger partial charge in [0.2, 0.25) is 0 Å². The summed E-state index contributed by atoms with van der Waals surface area (Å²) in [6.07, 6.45) is 1.78. The second-order valence-corrected chi connectivity index (χ2v) is 7.38. The Morgan fingerprint density at radius 3 is 2.86 bits per heavy atom. The van der Waals surface area contributed by atoms with E-state index in [1.54, 1.807) is 6.20 Å². The highest BCUT2D eigenvalue weighted by atomic mass is 16.5. The van der Waals surface area contributed by atoms with Crippen LogP contribution in [0.25, 0.3) is 33.3 Å². The fourth-order valence-electron chi connectivity index (χ4n) is 3.39. The smallest absolute Gasteiger partial charge is 0.257 e. The quantitative estimate of drug-likeness (QED) is 0.508. The van der Waals surface area contributed by atoms with Gasteiger partial charge < -0.3 is 24.5 Å². The monoisotopic (exact) mass is 391 g/mol. The molecule has 0 atom stereocenters. The van der Waals surface area contributed by atoms with Crippen LogP contribution in [-0.2, 0) is 11.8 Å². The van der Waals surface area contributed by atoms with Crippen LogP contribution in [0.3, 0.4) is 0 Å². The zero-order chi connectivity index (χ0) is 20.4. The predicted octanol–water partition coefficient (Wildman–Crippen LogP) is 2.78. The molecule has 0 aliphatic heterocycles. The van der Waals surface area contributed by atoms with E-state index in [9.17, 15) is 4.79 Å². The van der Waals surface area contributed by atoms with Crippen molar-refractivity contribution in [2.24, 2.45) is 7.05 Å². The van der Waals surface area contributed by atoms with Gasteiger partial charge in [0, 0.05) is 42.6 Å². The zero-order valence-electron chi connectivity index (χ0n) is 16.9. The molecular weight excluding hydrogens is 366 g/mol. The molecule has 3 aromatic heterocycles. The van der Waals surface area contributed by atoms with Crippen LogP contribution in [0, 0.1) is 0 Å². The van der Waals surface area contributed by atoms with Gasteiger partial charge in [0.05, 0.1) is 11.4 Å². The lowest BCUT2D eigenvalue weighted by atomic mass is 10.2. The van der Waals surface area contributed by atoms with Crippen LogP contribution in [0.1, 0.15) is 0 Å². The molecule has 4 rings (SSSR count). The van der Waals surface area contributed by atoms with E-state index in [2.05, 4.69) is 32.0 Å². The van der Waals surface area contributed by atoms with Crippen LogP contribution in [0.5, 0.6) is 5.75 Å². The molecule has 0 aliphatic carbocycles. The third kappa shape index (κ3) is 4.09. The summed E-state index contributed by atoms with van der Waals surface area (Å²) < 4.78 is 7.82. The number of carbonyl (C=O) groups excluding carboxylic acids is 1. The van der Waals surface area contributed by atoms with E-state index >= 15 is 0 Å². The van der Waals surface area contributed by atoms with Crippen molar-refractivity contribution in [2.45, 2.75) is 0 Å². The maximum atomic E-state index is 11.9. The van der Waals surface area contributed by atoms with Crippen molar-refractivity contribution in [1.82, 2.24) is 24.8 Å². The number of likely N-dealkylation sites (N-methyl/N-ethyl adjacent to an activating group) is 1. The molecule has 0 radical (unpaired) electrons. The fraction of sp³-hybridized carbons (Fsp3) is 0.273. The maximum absolute atomic E-state index is 11.9. The van der Waals surface area contributed by atoms with E-state index in [1.807, 2.05) is 56.4 Å². The van der Waals surface area contributed by atoms with E-state index in [1.165, 1.54) is 0 Å². The van der Waals surface area contributed by atoms with Gasteiger partial charge in [0.25, 0.3) is 5.91 Å². The first-order valence-electron chi connectivity index (χ1n) is 9.59. The minimum absolute atomic E-state index is 0.00626. The molecule has 1 amide bonds. The van der Waals surface area contributed by atoms with Crippen molar-refractivity contribution < 1.29 is 9.53 Å². The number of fused-ring (bicyclic) bond motifs is 2. The summed E-state index contributed by atoms with van der Waals surface area (Å²) in [5, 5.41) is 4.98. The molecule has 0 saturated heterocycles. The number of amides is 1. The summed E-state index contributed by atoms with van der Waals surface area (Å²) in [7, 11) is 5.98. The summed E-state index contributed by atoms with van der Waals surface area (Å²) in [4.78, 5) is 21.7. The van der Waals surface area contributed by atoms with Crippen molar-refractivity contribution in [2.75, 3.05) is 33.8 Å². The average molecular weight is 391 g/mol. The molecule has 7 nitrogen and oxygen atoms in total. The molecule has 0 saturated carbocycles. The summed E-state index contributed by atoms with van der Waals surface area (Å²) in [5.74, 6) is 0.557. The molecule has 29 heavy (non-hydrogen) atoms. The summed E-state index contributed by atoms with van der Waals surface area (Å²) in [6.45, 7) is 1.41. The molecule has 150 valence electrons. The van der Waals surface area contributed by atoms with Crippen LogP contribution in [-0.4, -0.2) is 59.1 Å². The van der Waals surface area contributed by atoms with Crippen molar-refractivity contribution in [3.05, 3.63) is 48.7 Å². The summed E-state index contributed by atoms with van der Waals surface area (Å²) >= 11 is 0. The lowest BCUT2D eigenvalue weighted by Crippen LogP contribution is -2.34. The molecule has 7 heteroatoms. The van der Waals surface area contributed by atoms with Crippen LogP contribution in [0.2, 0.25) is 0 Å². The lowest BCUT2D eigenvalue weighted by molar-refractivity contribution is -0.123. The number of H-pyrrole nitrogens is 1. The van der Waals surface area contributed by atoms with Gasteiger partial charge in [-0.05, 0) is 56.6 Å². The van der Waals surface area contributed by atoms with Crippen molar-refractivity contribution >= 4 is 27.8 Å². The fourth-order valence-corrected chi connectivity index (χ4v) is 3.39. The van der Waals surface area contributed by atoms with E-state index in [0.717, 1.165) is 39.9 Å². The number of aromatic nitrogens is 3. The van der Waals surface area contributed by atoms with Crippen LogP contribution in [0.4, 0.5) is 0 Å². The number of nitrogens with zero attached hydrogens (tertiary/aromatic N) is 3. The Morgan fingerprint density at radius 1 is 1.21 bits per heavy atom. The molecule has 0 unspecified atom stereocenters. The molecular formula is C22H25N5O2. The minimum atomic E-state index is -0.119. The topological polar surface area (TPSA) is 75.2 Å². The molecule has 0 bridgehead atoms. The van der Waals surface area contributed by atoms with E-state index in [4.69, 9.17) is 4.74 Å². The maximum Gasteiger partial charge on any atom is 0.257 e. The molecule has 0 fully saturated rings. The summed E-state index contributed by atoms with van der Waals surface area (Å²) in [6, 6.07) is 14.1. The highest BCUT2D eigenvalue weighted by Gasteiger charge is 2.12. The number of benzene rings is 1. The molecule has 0 spiro atoms. The Labute approximate surface area is 169 Å². The van der Waals surface area contributed by atoms with E-state index in [0.29, 0.717) is 12.3 Å². The largest absolute Gasteiger partial charge is 0.484 e. The van der Waals surface area contributed by atoms with Crippen LogP contribution in [0.15, 0.2) is 48.7 Å². The average Bonchev–Trinajstić information content (AvgIpc) is 3.27. The minimum Gasteiger partial charge on any atom is -0.484 e. The van der Waals surface area contributed by atoms with Gasteiger partial charge in [0.15, 0.2) is 6.61 Å². The Hall–Kier alpha value is -3.32. The first-order chi connectivity index (χ1) is 14.0. The number of ether oxygens (including phenoxy) is 1. The molecule has 3 heterocycles. The third-order valence-corrected chi connectivity index (χ3v) is 4.93. The Bertz CT molecular complexity index is 1130. The third-order valence-electron chi connectivity index (χ3n) is 4.93. The number of rotatable bonds is 7. The number of pyridine rings is 1. The first kappa shape index (κ1) is 19.0. The predicted molar refractivity (Wildman–Crippen MR) is 115 cm³/mol. The van der Waals surface area contributed by atoms with Crippen LogP contribution >= 0.6 is 0 Å². The van der Waals surface area contributed by atoms with E-state index < -0.39 is 0 Å². The Kier molecular flexibility index (Phi) is 5.22. The number of hydrogen-bond donors (Lipinski definition) is 2. The van der Waals surface area contributed by atoms with Gasteiger partial charge >= 0.3 is 0 Å². The van der Waals surface area contributed by atoms with E-state index in [-0.39, 0.29) is 12.5 Å². The highest BCUT2D eigenvalue weighted by Crippen LogP contribution is 2.30. The highest BCUT2D eigenvalue weighted by molar-refractivity contribution is 5.90. The first-order valence-corrected chi connectivity index (χ1v) is 9.59. The Balaban J connectivity index is 1.50. The molecule has 4 aromatic rings. The standard InChI is InChI=1S/C22H25N5O2/c1-26(2)10-9-23-21(28)14-29-17-6-7-19-16(11-17)13-20(27(19)3)18-12-15-5-4-8-24-22(15)25-18/h4-8,11-13H,9-10,14H2,1-3H3,(H,23,28)(H,24,25). The molecule has 2 N–H and O–H groups in total. The number of nitrogens with one attached hydrogen (secondary N) is 2. The summed E-state index contributed by atoms with van der Waals surface area (Å²) in [5.41, 5.74) is 4.04. The van der Waals surface area contributed by atoms with Gasteiger partial charge in [-0.1, -0.05) is 0 Å². The second kappa shape index (κ2) is 7.97. The number of aryl methyl sites for hydroxylation is 1. The van der Waals surface area contributed by atoms with Gasteiger partial charge in [0.1, 0.15) is 11.4 Å². The number of hydrogen-bond acceptors (Lipinski definition) is 4. The number of carbonyl (C=O) groups is 1. The molecule has 0 aliphatic rings. The second-order valence-electron chi connectivity index (χ2n) is 7.38. The van der Waals surface area contributed by atoms with Gasteiger partial charge in [-0.15, -0.1) is 0 Å². The van der Waals surface area contributed by atoms with Crippen molar-refractivity contribution in [3.63, 3.8) is 0 Å². The van der Waals surface area contributed by atoms with Gasteiger partial charge in [-0.2, -0.15) is 0 Å². The number of aromatic amines is 1. The van der Waals surface area contributed by atoms with Gasteiger partial charge in [-0.25, -0.2) is 4.98 Å². The normalized spacial score (nSPS) is 11.4.